The van der Waals surface area contributed by atoms with Gasteiger partial charge in [0.05, 0.1) is 37.8 Å². The third-order valence-corrected chi connectivity index (χ3v) is 6.11. The Hall–Kier alpha value is -5.20. The molecule has 5 rings (SSSR count). The molecule has 0 radical (unpaired) electrons. The summed E-state index contributed by atoms with van der Waals surface area (Å²) < 4.78 is 35.1. The van der Waals surface area contributed by atoms with Crippen LogP contribution in [0.1, 0.15) is 0 Å². The molecule has 2 N–H and O–H groups in total. The predicted molar refractivity (Wildman–Crippen MR) is 161 cm³/mol. The van der Waals surface area contributed by atoms with Gasteiger partial charge in [-0.3, -0.25) is 0 Å². The number of fused-ring (bicyclic) bond motifs is 2. The minimum atomic E-state index is 0.0410. The van der Waals surface area contributed by atoms with E-state index < -0.39 is 0 Å². The molecule has 4 aromatic carbocycles. The van der Waals surface area contributed by atoms with Gasteiger partial charge in [-0.05, 0) is 48.5 Å². The third-order valence-electron chi connectivity index (χ3n) is 6.11. The SMILES string of the molecule is Oc1ccccc1N=Nc1ccc2c(c1)OCCOCCOc1ccc(N=Nc3ccccc3O)cc1OCCOCCO2. The van der Waals surface area contributed by atoms with Crippen LogP contribution in [0.15, 0.2) is 105 Å². The van der Waals surface area contributed by atoms with Gasteiger partial charge in [0, 0.05) is 12.1 Å². The van der Waals surface area contributed by atoms with Gasteiger partial charge < -0.3 is 38.6 Å². The number of hydrogen-bond donors (Lipinski definition) is 2. The molecular weight excluding hydrogens is 568 g/mol. The van der Waals surface area contributed by atoms with Gasteiger partial charge in [-0.15, -0.1) is 10.2 Å². The summed E-state index contributed by atoms with van der Waals surface area (Å²) in [5.74, 6) is 2.09. The molecule has 228 valence electrons. The second-order valence-electron chi connectivity index (χ2n) is 9.26. The van der Waals surface area contributed by atoms with Crippen LogP contribution in [0.4, 0.5) is 22.7 Å². The smallest absolute Gasteiger partial charge is 0.163 e. The monoisotopic (exact) mass is 600 g/mol. The second kappa shape index (κ2) is 15.9. The molecule has 0 bridgehead atoms. The summed E-state index contributed by atoms with van der Waals surface area (Å²) in [7, 11) is 0. The normalized spacial score (nSPS) is 15.1. The first-order valence-corrected chi connectivity index (χ1v) is 14.0. The number of ether oxygens (including phenoxy) is 6. The molecule has 0 aliphatic carbocycles. The van der Waals surface area contributed by atoms with E-state index in [2.05, 4.69) is 20.5 Å². The number of hydrogen-bond acceptors (Lipinski definition) is 12. The Morgan fingerprint density at radius 3 is 1.20 bits per heavy atom. The Kier molecular flexibility index (Phi) is 10.9. The average molecular weight is 601 g/mol. The van der Waals surface area contributed by atoms with Crippen molar-refractivity contribution < 1.29 is 38.6 Å². The maximum atomic E-state index is 9.94. The summed E-state index contributed by atoms with van der Waals surface area (Å²) in [6.45, 7) is 2.34. The number of aromatic hydroxyl groups is 2. The van der Waals surface area contributed by atoms with Crippen molar-refractivity contribution in [2.75, 3.05) is 52.9 Å². The van der Waals surface area contributed by atoms with Gasteiger partial charge in [0.1, 0.15) is 49.3 Å². The van der Waals surface area contributed by atoms with Gasteiger partial charge in [0.2, 0.25) is 0 Å². The van der Waals surface area contributed by atoms with Crippen molar-refractivity contribution >= 4 is 22.7 Å². The van der Waals surface area contributed by atoms with Crippen LogP contribution < -0.4 is 18.9 Å². The lowest BCUT2D eigenvalue weighted by Crippen LogP contribution is -2.15. The molecule has 12 heteroatoms. The second-order valence-corrected chi connectivity index (χ2v) is 9.26. The van der Waals surface area contributed by atoms with Crippen LogP contribution in [0.2, 0.25) is 0 Å². The Morgan fingerprint density at radius 1 is 0.409 bits per heavy atom. The number of para-hydroxylation sites is 2. The van der Waals surface area contributed by atoms with E-state index in [0.29, 0.717) is 72.2 Å². The zero-order valence-corrected chi connectivity index (χ0v) is 23.9. The Bertz CT molecular complexity index is 1460. The van der Waals surface area contributed by atoms with Gasteiger partial charge >= 0.3 is 0 Å². The summed E-state index contributed by atoms with van der Waals surface area (Å²) >= 11 is 0. The summed E-state index contributed by atoms with van der Waals surface area (Å²) in [6, 6.07) is 23.8. The number of phenolic OH excluding ortho intramolecular Hbond substituents is 2. The van der Waals surface area contributed by atoms with Crippen LogP contribution in [0, 0.1) is 0 Å². The highest BCUT2D eigenvalue weighted by Crippen LogP contribution is 2.35. The molecule has 1 heterocycles. The fraction of sp³-hybridized carbons (Fsp3) is 0.250. The summed E-state index contributed by atoms with van der Waals surface area (Å²) in [4.78, 5) is 0. The van der Waals surface area contributed by atoms with E-state index in [1.165, 1.54) is 0 Å². The number of rotatable bonds is 4. The highest BCUT2D eigenvalue weighted by Gasteiger charge is 2.11. The van der Waals surface area contributed by atoms with E-state index in [4.69, 9.17) is 28.4 Å². The number of phenols is 2. The first-order valence-electron chi connectivity index (χ1n) is 14.0. The van der Waals surface area contributed by atoms with Crippen molar-refractivity contribution in [3.8, 4) is 34.5 Å². The number of azo groups is 2. The van der Waals surface area contributed by atoms with E-state index in [1.54, 1.807) is 84.9 Å². The standard InChI is InChI=1S/C32H32N4O8/c37-27-7-3-1-5-25(27)35-33-23-9-11-29-31(21-23)43-19-15-39-14-18-42-30-12-10-24(34-36-26-6-2-4-8-28(26)38)22-32(30)44-20-16-40-13-17-41-29/h1-12,21-22,37-38H,13-20H2. The van der Waals surface area contributed by atoms with E-state index >= 15 is 0 Å². The maximum absolute atomic E-state index is 9.94. The molecule has 4 aromatic rings. The molecule has 0 amide bonds. The highest BCUT2D eigenvalue weighted by molar-refractivity contribution is 5.55. The molecule has 1 aliphatic heterocycles. The van der Waals surface area contributed by atoms with Crippen molar-refractivity contribution in [1.82, 2.24) is 0 Å². The molecule has 0 atom stereocenters. The van der Waals surface area contributed by atoms with E-state index in [9.17, 15) is 10.2 Å². The Balaban J connectivity index is 1.20. The highest BCUT2D eigenvalue weighted by atomic mass is 16.6. The van der Waals surface area contributed by atoms with Crippen LogP contribution in [-0.2, 0) is 9.47 Å². The first kappa shape index (κ1) is 30.3. The number of nitrogens with zero attached hydrogens (tertiary/aromatic N) is 4. The number of benzene rings is 4. The first-order chi connectivity index (χ1) is 21.7. The van der Waals surface area contributed by atoms with E-state index in [0.717, 1.165) is 0 Å². The molecule has 12 nitrogen and oxygen atoms in total. The summed E-state index contributed by atoms with van der Waals surface area (Å²) in [6.07, 6.45) is 0. The van der Waals surface area contributed by atoms with Gasteiger partial charge in [-0.1, -0.05) is 24.3 Å². The van der Waals surface area contributed by atoms with Crippen LogP contribution >= 0.6 is 0 Å². The van der Waals surface area contributed by atoms with Crippen LogP contribution in [0.25, 0.3) is 0 Å². The summed E-state index contributed by atoms with van der Waals surface area (Å²) in [5, 5.41) is 36.6. The zero-order chi connectivity index (χ0) is 30.4. The molecule has 0 saturated heterocycles. The van der Waals surface area contributed by atoms with Gasteiger partial charge in [0.15, 0.2) is 23.0 Å². The van der Waals surface area contributed by atoms with E-state index in [1.807, 2.05) is 0 Å². The van der Waals surface area contributed by atoms with Crippen molar-refractivity contribution in [3.63, 3.8) is 0 Å². The molecule has 0 fully saturated rings. The van der Waals surface area contributed by atoms with Crippen LogP contribution in [0.3, 0.4) is 0 Å². The minimum absolute atomic E-state index is 0.0410. The molecule has 0 aromatic heterocycles. The largest absolute Gasteiger partial charge is 0.506 e. The molecule has 0 unspecified atom stereocenters. The third kappa shape index (κ3) is 8.90. The van der Waals surface area contributed by atoms with Crippen LogP contribution in [-0.4, -0.2) is 63.1 Å². The molecule has 44 heavy (non-hydrogen) atoms. The maximum Gasteiger partial charge on any atom is 0.163 e. The lowest BCUT2D eigenvalue weighted by molar-refractivity contribution is 0.0640. The van der Waals surface area contributed by atoms with Crippen molar-refractivity contribution in [2.45, 2.75) is 0 Å². The average Bonchev–Trinajstić information content (AvgIpc) is 3.04. The zero-order valence-electron chi connectivity index (χ0n) is 23.9. The lowest BCUT2D eigenvalue weighted by Gasteiger charge is -2.16. The molecule has 0 saturated carbocycles. The van der Waals surface area contributed by atoms with Gasteiger partial charge in [-0.25, -0.2) is 0 Å². The van der Waals surface area contributed by atoms with Crippen molar-refractivity contribution in [3.05, 3.63) is 84.9 Å². The topological polar surface area (TPSA) is 145 Å². The van der Waals surface area contributed by atoms with Crippen molar-refractivity contribution in [1.29, 1.82) is 0 Å². The molecule has 1 aliphatic rings. The molecular formula is C32H32N4O8. The molecule has 0 spiro atoms. The van der Waals surface area contributed by atoms with Crippen LogP contribution in [0.5, 0.6) is 34.5 Å². The van der Waals surface area contributed by atoms with Gasteiger partial charge in [0.25, 0.3) is 0 Å². The fourth-order valence-electron chi connectivity index (χ4n) is 3.95. The Morgan fingerprint density at radius 2 is 0.795 bits per heavy atom. The predicted octanol–water partition coefficient (Wildman–Crippen LogP) is 7.19. The lowest BCUT2D eigenvalue weighted by atomic mass is 10.3. The minimum Gasteiger partial charge on any atom is -0.506 e. The fourth-order valence-corrected chi connectivity index (χ4v) is 3.95. The quantitative estimate of drug-likeness (QED) is 0.234. The summed E-state index contributed by atoms with van der Waals surface area (Å²) in [5.41, 5.74) is 1.78. The van der Waals surface area contributed by atoms with Gasteiger partial charge in [-0.2, -0.15) is 10.2 Å². The van der Waals surface area contributed by atoms with E-state index in [-0.39, 0.29) is 37.9 Å². The Labute approximate surface area is 254 Å². The van der Waals surface area contributed by atoms with Crippen molar-refractivity contribution in [2.24, 2.45) is 20.5 Å².